The number of ether oxygens (including phenoxy) is 1. The Kier molecular flexibility index (Phi) is 4.60. The minimum atomic E-state index is -3.65. The summed E-state index contributed by atoms with van der Waals surface area (Å²) in [6, 6.07) is 12.4. The Morgan fingerprint density at radius 2 is 1.74 bits per heavy atom. The minimum absolute atomic E-state index is 0.137. The number of nitrogens with zero attached hydrogens (tertiary/aromatic N) is 2. The molecule has 1 aromatic carbocycles. The zero-order valence-corrected chi connectivity index (χ0v) is 14.7. The molecular formula is C14H10BrN3O3S2. The number of thiophene rings is 1. The van der Waals surface area contributed by atoms with E-state index in [0.29, 0.717) is 5.75 Å². The lowest BCUT2D eigenvalue weighted by Crippen LogP contribution is -2.11. The van der Waals surface area contributed by atoms with Gasteiger partial charge in [0.15, 0.2) is 0 Å². The van der Waals surface area contributed by atoms with Gasteiger partial charge in [-0.1, -0.05) is 18.2 Å². The summed E-state index contributed by atoms with van der Waals surface area (Å²) in [4.78, 5) is 7.98. The van der Waals surface area contributed by atoms with Crippen LogP contribution in [0.1, 0.15) is 0 Å². The molecule has 0 saturated heterocycles. The van der Waals surface area contributed by atoms with E-state index in [2.05, 4.69) is 30.6 Å². The Hall–Kier alpha value is -1.97. The molecule has 23 heavy (non-hydrogen) atoms. The second kappa shape index (κ2) is 6.65. The van der Waals surface area contributed by atoms with Gasteiger partial charge in [0.2, 0.25) is 0 Å². The number of rotatable bonds is 5. The molecule has 0 unspecified atom stereocenters. The van der Waals surface area contributed by atoms with Crippen molar-refractivity contribution in [2.45, 2.75) is 4.21 Å². The molecule has 9 heteroatoms. The topological polar surface area (TPSA) is 81.2 Å². The Morgan fingerprint density at radius 1 is 1.04 bits per heavy atom. The summed E-state index contributed by atoms with van der Waals surface area (Å²) in [7, 11) is -3.65. The first-order valence-electron chi connectivity index (χ1n) is 6.36. The molecule has 0 amide bonds. The van der Waals surface area contributed by atoms with Gasteiger partial charge in [-0.05, 0) is 40.2 Å². The zero-order valence-electron chi connectivity index (χ0n) is 11.5. The SMILES string of the molecule is O=S(=O)(Nc1cnc(Oc2ccccc2)nc1)c1ccc(Br)s1. The lowest BCUT2D eigenvalue weighted by atomic mass is 10.3. The summed E-state index contributed by atoms with van der Waals surface area (Å²) in [5.41, 5.74) is 0.259. The maximum Gasteiger partial charge on any atom is 0.322 e. The van der Waals surface area contributed by atoms with Gasteiger partial charge < -0.3 is 4.74 Å². The van der Waals surface area contributed by atoms with Crippen LogP contribution in [0.4, 0.5) is 5.69 Å². The standard InChI is InChI=1S/C14H10BrN3O3S2/c15-12-6-7-13(22-12)23(19,20)18-10-8-16-14(17-9-10)21-11-4-2-1-3-5-11/h1-9,18H. The zero-order chi connectivity index (χ0) is 16.3. The van der Waals surface area contributed by atoms with Crippen molar-refractivity contribution in [2.24, 2.45) is 0 Å². The van der Waals surface area contributed by atoms with Crippen molar-refractivity contribution < 1.29 is 13.2 Å². The number of anilines is 1. The summed E-state index contributed by atoms with van der Waals surface area (Å²) >= 11 is 4.36. The van der Waals surface area contributed by atoms with Crippen LogP contribution in [0.5, 0.6) is 11.8 Å². The average molecular weight is 412 g/mol. The average Bonchev–Trinajstić information content (AvgIpc) is 2.98. The highest BCUT2D eigenvalue weighted by Gasteiger charge is 2.17. The van der Waals surface area contributed by atoms with Gasteiger partial charge in [0.05, 0.1) is 21.9 Å². The molecule has 0 aliphatic rings. The van der Waals surface area contributed by atoms with E-state index in [1.54, 1.807) is 18.2 Å². The second-order valence-corrected chi connectivity index (χ2v) is 8.71. The lowest BCUT2D eigenvalue weighted by molar-refractivity contribution is 0.442. The van der Waals surface area contributed by atoms with Gasteiger partial charge in [0.25, 0.3) is 10.0 Å². The van der Waals surface area contributed by atoms with Crippen LogP contribution in [0.25, 0.3) is 0 Å². The molecule has 2 aromatic heterocycles. The first-order chi connectivity index (χ1) is 11.0. The Bertz CT molecular complexity index is 897. The summed E-state index contributed by atoms with van der Waals surface area (Å²) in [5.74, 6) is 0.601. The number of hydrogen-bond acceptors (Lipinski definition) is 6. The van der Waals surface area contributed by atoms with Crippen molar-refractivity contribution in [1.29, 1.82) is 0 Å². The van der Waals surface area contributed by atoms with Crippen LogP contribution in [0.2, 0.25) is 0 Å². The van der Waals surface area contributed by atoms with Gasteiger partial charge in [-0.15, -0.1) is 11.3 Å². The molecule has 0 atom stereocenters. The van der Waals surface area contributed by atoms with Gasteiger partial charge in [0, 0.05) is 0 Å². The molecule has 2 heterocycles. The van der Waals surface area contributed by atoms with Crippen molar-refractivity contribution in [3.05, 3.63) is 58.6 Å². The van der Waals surface area contributed by atoms with Crippen LogP contribution in [0.3, 0.4) is 0 Å². The normalized spacial score (nSPS) is 11.2. The maximum absolute atomic E-state index is 12.2. The largest absolute Gasteiger partial charge is 0.424 e. The van der Waals surface area contributed by atoms with Crippen molar-refractivity contribution in [3.8, 4) is 11.8 Å². The van der Waals surface area contributed by atoms with E-state index >= 15 is 0 Å². The molecule has 3 rings (SSSR count). The quantitative estimate of drug-likeness (QED) is 0.688. The summed E-state index contributed by atoms with van der Waals surface area (Å²) < 4.78 is 33.2. The maximum atomic E-state index is 12.2. The molecule has 0 bridgehead atoms. The number of halogens is 1. The molecule has 1 N–H and O–H groups in total. The van der Waals surface area contributed by atoms with E-state index in [1.165, 1.54) is 18.5 Å². The highest BCUT2D eigenvalue weighted by Crippen LogP contribution is 2.27. The highest BCUT2D eigenvalue weighted by molar-refractivity contribution is 9.11. The monoisotopic (exact) mass is 411 g/mol. The Balaban J connectivity index is 1.72. The molecule has 0 spiro atoms. The van der Waals surface area contributed by atoms with E-state index in [0.717, 1.165) is 15.1 Å². The summed E-state index contributed by atoms with van der Waals surface area (Å²) in [6.45, 7) is 0. The van der Waals surface area contributed by atoms with E-state index in [-0.39, 0.29) is 15.9 Å². The molecule has 3 aromatic rings. The third-order valence-electron chi connectivity index (χ3n) is 2.65. The molecule has 0 aliphatic carbocycles. The molecular weight excluding hydrogens is 402 g/mol. The predicted octanol–water partition coefficient (Wildman–Crippen LogP) is 3.89. The molecule has 0 radical (unpaired) electrons. The number of aromatic nitrogens is 2. The lowest BCUT2D eigenvalue weighted by Gasteiger charge is -2.06. The van der Waals surface area contributed by atoms with Gasteiger partial charge >= 0.3 is 6.01 Å². The summed E-state index contributed by atoms with van der Waals surface area (Å²) in [5, 5.41) is 0. The predicted molar refractivity (Wildman–Crippen MR) is 91.4 cm³/mol. The molecule has 0 fully saturated rings. The van der Waals surface area contributed by atoms with Crippen molar-refractivity contribution in [3.63, 3.8) is 0 Å². The van der Waals surface area contributed by atoms with Crippen molar-refractivity contribution >= 4 is 43.0 Å². The number of sulfonamides is 1. The van der Waals surface area contributed by atoms with Gasteiger partial charge in [0.1, 0.15) is 9.96 Å². The van der Waals surface area contributed by atoms with E-state index < -0.39 is 10.0 Å². The van der Waals surface area contributed by atoms with Gasteiger partial charge in [-0.25, -0.2) is 18.4 Å². The second-order valence-electron chi connectivity index (χ2n) is 4.33. The van der Waals surface area contributed by atoms with Crippen molar-refractivity contribution in [1.82, 2.24) is 9.97 Å². The molecule has 0 saturated carbocycles. The molecule has 118 valence electrons. The van der Waals surface area contributed by atoms with Crippen LogP contribution in [0.15, 0.2) is 62.9 Å². The van der Waals surface area contributed by atoms with Gasteiger partial charge in [-0.3, -0.25) is 4.72 Å². The van der Waals surface area contributed by atoms with E-state index in [1.807, 2.05) is 18.2 Å². The van der Waals surface area contributed by atoms with Crippen LogP contribution in [0, 0.1) is 0 Å². The van der Waals surface area contributed by atoms with Crippen LogP contribution in [-0.4, -0.2) is 18.4 Å². The van der Waals surface area contributed by atoms with E-state index in [4.69, 9.17) is 4.74 Å². The third-order valence-corrected chi connectivity index (χ3v) is 6.14. The number of hydrogen-bond donors (Lipinski definition) is 1. The van der Waals surface area contributed by atoms with Crippen LogP contribution < -0.4 is 9.46 Å². The van der Waals surface area contributed by atoms with Crippen LogP contribution >= 0.6 is 27.3 Å². The fourth-order valence-electron chi connectivity index (χ4n) is 1.66. The third kappa shape index (κ3) is 4.06. The number of para-hydroxylation sites is 1. The smallest absolute Gasteiger partial charge is 0.322 e. The van der Waals surface area contributed by atoms with Crippen molar-refractivity contribution in [2.75, 3.05) is 4.72 Å². The minimum Gasteiger partial charge on any atom is -0.424 e. The van der Waals surface area contributed by atoms with Crippen LogP contribution in [-0.2, 0) is 10.0 Å². The Morgan fingerprint density at radius 3 is 2.35 bits per heavy atom. The number of benzene rings is 1. The molecule has 6 nitrogen and oxygen atoms in total. The fourth-order valence-corrected chi connectivity index (χ4v) is 4.70. The van der Waals surface area contributed by atoms with Gasteiger partial charge in [-0.2, -0.15) is 0 Å². The van der Waals surface area contributed by atoms with E-state index in [9.17, 15) is 8.42 Å². The first kappa shape index (κ1) is 15.9. The highest BCUT2D eigenvalue weighted by atomic mass is 79.9. The number of nitrogens with one attached hydrogen (secondary N) is 1. The first-order valence-corrected chi connectivity index (χ1v) is 9.45. The fraction of sp³-hybridized carbons (Fsp3) is 0. The summed E-state index contributed by atoms with van der Waals surface area (Å²) in [6.07, 6.45) is 2.71. The molecule has 0 aliphatic heterocycles. The Labute approximate surface area is 145 Å².